The monoisotopic (exact) mass is 456 g/mol. The van der Waals surface area contributed by atoms with E-state index in [1.807, 2.05) is 41.5 Å². The molecule has 0 bridgehead atoms. The van der Waals surface area contributed by atoms with Crippen LogP contribution in [-0.4, -0.2) is 32.4 Å². The van der Waals surface area contributed by atoms with Crippen LogP contribution in [0, 0.1) is 0 Å². The summed E-state index contributed by atoms with van der Waals surface area (Å²) in [5.74, 6) is -1.78. The number of benzene rings is 2. The van der Waals surface area contributed by atoms with E-state index < -0.39 is 11.9 Å². The van der Waals surface area contributed by atoms with Gasteiger partial charge in [0.2, 0.25) is 0 Å². The maximum Gasteiger partial charge on any atom is 0.307 e. The minimum Gasteiger partial charge on any atom is -0.507 e. The van der Waals surface area contributed by atoms with E-state index in [1.54, 1.807) is 24.3 Å². The molecular weight excluding hydrogens is 420 g/mol. The first kappa shape index (κ1) is 26.2. The Hall–Kier alpha value is -3.02. The number of carboxylic acids is 2. The Labute approximate surface area is 195 Å². The van der Waals surface area contributed by atoms with Gasteiger partial charge in [-0.25, -0.2) is 0 Å². The van der Waals surface area contributed by atoms with Crippen LogP contribution in [-0.2, 0) is 39.7 Å². The minimum atomic E-state index is -0.967. The van der Waals surface area contributed by atoms with Crippen LogP contribution < -0.4 is 0 Å². The molecule has 0 spiro atoms. The molecule has 0 saturated heterocycles. The van der Waals surface area contributed by atoms with Gasteiger partial charge >= 0.3 is 11.9 Å². The van der Waals surface area contributed by atoms with Crippen molar-refractivity contribution in [2.24, 2.45) is 0 Å². The van der Waals surface area contributed by atoms with Crippen molar-refractivity contribution in [3.05, 3.63) is 57.6 Å². The fourth-order valence-electron chi connectivity index (χ4n) is 3.96. The van der Waals surface area contributed by atoms with Crippen molar-refractivity contribution in [3.63, 3.8) is 0 Å². The highest BCUT2D eigenvalue weighted by molar-refractivity contribution is 5.72. The molecule has 0 unspecified atom stereocenters. The Balaban J connectivity index is 2.72. The number of aliphatic carboxylic acids is 2. The molecule has 2 aromatic carbocycles. The number of hydrogen-bond acceptors (Lipinski definition) is 4. The molecule has 0 aliphatic carbocycles. The van der Waals surface area contributed by atoms with Crippen LogP contribution in [0.2, 0.25) is 0 Å². The van der Waals surface area contributed by atoms with Crippen LogP contribution in [0.3, 0.4) is 0 Å². The molecule has 2 rings (SSSR count). The molecule has 0 aliphatic heterocycles. The zero-order valence-corrected chi connectivity index (χ0v) is 20.5. The molecule has 0 radical (unpaired) electrons. The molecule has 0 amide bonds. The largest absolute Gasteiger partial charge is 0.507 e. The predicted molar refractivity (Wildman–Crippen MR) is 128 cm³/mol. The Morgan fingerprint density at radius 1 is 0.697 bits per heavy atom. The summed E-state index contributed by atoms with van der Waals surface area (Å²) in [7, 11) is 0. The number of carbonyl (C=O) groups is 2. The molecule has 0 aliphatic rings. The predicted octanol–water partition coefficient (Wildman–Crippen LogP) is 5.32. The van der Waals surface area contributed by atoms with Crippen molar-refractivity contribution >= 4 is 11.9 Å². The minimum absolute atomic E-state index is 0.0790. The number of aromatic hydroxyl groups is 2. The average Bonchev–Trinajstić information content (AvgIpc) is 2.71. The van der Waals surface area contributed by atoms with Gasteiger partial charge in [-0.15, -0.1) is 0 Å². The van der Waals surface area contributed by atoms with Gasteiger partial charge in [0, 0.05) is 17.5 Å². The lowest BCUT2D eigenvalue weighted by Crippen LogP contribution is -2.18. The van der Waals surface area contributed by atoms with Gasteiger partial charge in [-0.05, 0) is 45.9 Å². The van der Waals surface area contributed by atoms with Crippen LogP contribution in [0.5, 0.6) is 11.5 Å². The van der Waals surface area contributed by atoms with Crippen LogP contribution in [0.4, 0.5) is 0 Å². The summed E-state index contributed by atoms with van der Waals surface area (Å²) >= 11 is 0. The van der Waals surface area contributed by atoms with Crippen LogP contribution >= 0.6 is 0 Å². The van der Waals surface area contributed by atoms with Crippen molar-refractivity contribution in [3.8, 4) is 11.5 Å². The van der Waals surface area contributed by atoms with Crippen LogP contribution in [0.15, 0.2) is 24.3 Å². The summed E-state index contributed by atoms with van der Waals surface area (Å²) in [5.41, 5.74) is 2.72. The highest BCUT2D eigenvalue weighted by Gasteiger charge is 2.27. The lowest BCUT2D eigenvalue weighted by molar-refractivity contribution is -0.137. The van der Waals surface area contributed by atoms with E-state index in [-0.39, 0.29) is 41.6 Å². The second kappa shape index (κ2) is 9.86. The fraction of sp³-hybridized carbons (Fsp3) is 0.481. The molecule has 6 heteroatoms. The average molecular weight is 457 g/mol. The second-order valence-electron chi connectivity index (χ2n) is 10.1. The molecule has 0 atom stereocenters. The van der Waals surface area contributed by atoms with E-state index in [9.17, 15) is 30.0 Å². The molecule has 0 aromatic heterocycles. The van der Waals surface area contributed by atoms with E-state index in [4.69, 9.17) is 0 Å². The van der Waals surface area contributed by atoms with Crippen molar-refractivity contribution in [1.82, 2.24) is 0 Å². The topological polar surface area (TPSA) is 115 Å². The van der Waals surface area contributed by atoms with Crippen molar-refractivity contribution in [2.75, 3.05) is 0 Å². The van der Waals surface area contributed by atoms with Gasteiger partial charge in [0.15, 0.2) is 0 Å². The first-order valence-corrected chi connectivity index (χ1v) is 11.4. The van der Waals surface area contributed by atoms with E-state index in [0.717, 1.165) is 12.8 Å². The molecule has 0 heterocycles. The van der Waals surface area contributed by atoms with Gasteiger partial charge in [-0.3, -0.25) is 9.59 Å². The Morgan fingerprint density at radius 2 is 1.03 bits per heavy atom. The third kappa shape index (κ3) is 6.06. The van der Waals surface area contributed by atoms with Gasteiger partial charge in [0.1, 0.15) is 11.5 Å². The third-order valence-corrected chi connectivity index (χ3v) is 6.81. The molecule has 180 valence electrons. The van der Waals surface area contributed by atoms with E-state index in [1.165, 1.54) is 0 Å². The van der Waals surface area contributed by atoms with Crippen molar-refractivity contribution in [1.29, 1.82) is 0 Å². The Bertz CT molecular complexity index is 966. The highest BCUT2D eigenvalue weighted by Crippen LogP contribution is 2.41. The van der Waals surface area contributed by atoms with E-state index >= 15 is 0 Å². The third-order valence-electron chi connectivity index (χ3n) is 6.81. The molecule has 6 nitrogen and oxygen atoms in total. The van der Waals surface area contributed by atoms with Gasteiger partial charge in [-0.1, -0.05) is 65.8 Å². The van der Waals surface area contributed by atoms with Crippen LogP contribution in [0.25, 0.3) is 0 Å². The molecule has 0 saturated carbocycles. The normalized spacial score (nSPS) is 12.1. The lowest BCUT2D eigenvalue weighted by Gasteiger charge is -2.28. The van der Waals surface area contributed by atoms with Gasteiger partial charge in [0.25, 0.3) is 0 Å². The second-order valence-corrected chi connectivity index (χ2v) is 10.1. The number of rotatable bonds is 10. The first-order chi connectivity index (χ1) is 15.2. The summed E-state index contributed by atoms with van der Waals surface area (Å²) in [5, 5.41) is 40.9. The first-order valence-electron chi connectivity index (χ1n) is 11.4. The fourth-order valence-corrected chi connectivity index (χ4v) is 3.96. The molecule has 33 heavy (non-hydrogen) atoms. The summed E-state index contributed by atoms with van der Waals surface area (Å²) in [6.45, 7) is 12.0. The molecule has 2 aromatic rings. The van der Waals surface area contributed by atoms with E-state index in [2.05, 4.69) is 0 Å². The van der Waals surface area contributed by atoms with Crippen LogP contribution in [0.1, 0.15) is 87.8 Å². The molecular formula is C27H36O6. The maximum absolute atomic E-state index is 11.4. The Kier molecular flexibility index (Phi) is 7.83. The zero-order chi connectivity index (χ0) is 25.1. The van der Waals surface area contributed by atoms with Crippen molar-refractivity contribution < 1.29 is 30.0 Å². The smallest absolute Gasteiger partial charge is 0.307 e. The summed E-state index contributed by atoms with van der Waals surface area (Å²) in [6, 6.07) is 6.80. The number of hydrogen-bond donors (Lipinski definition) is 4. The maximum atomic E-state index is 11.4. The summed E-state index contributed by atoms with van der Waals surface area (Å²) < 4.78 is 0. The quantitative estimate of drug-likeness (QED) is 0.385. The SMILES string of the molecule is CCC(C)(C)c1cc(CC(=O)O)cc(Cc2cc(CC(=O)O)cc(C(C)(C)CC)c2O)c1O. The van der Waals surface area contributed by atoms with Gasteiger partial charge < -0.3 is 20.4 Å². The van der Waals surface area contributed by atoms with Gasteiger partial charge in [-0.2, -0.15) is 0 Å². The summed E-state index contributed by atoms with van der Waals surface area (Å²) in [6.07, 6.45) is 1.27. The van der Waals surface area contributed by atoms with Crippen molar-refractivity contribution in [2.45, 2.75) is 84.5 Å². The number of phenolic OH excluding ortho intramolecular Hbond substituents is 2. The molecule has 4 N–H and O–H groups in total. The van der Waals surface area contributed by atoms with E-state index in [0.29, 0.717) is 33.4 Å². The standard InChI is InChI=1S/C27H36O6/c1-7-26(3,4)20-11-16(13-22(28)29)9-18(24(20)32)15-19-10-17(14-23(30)31)12-21(25(19)33)27(5,6)8-2/h9-12,32-33H,7-8,13-15H2,1-6H3,(H,28,29)(H,30,31). The number of phenols is 2. The Morgan fingerprint density at radius 3 is 1.30 bits per heavy atom. The number of carboxylic acid groups (broad SMARTS) is 2. The zero-order valence-electron chi connectivity index (χ0n) is 20.5. The highest BCUT2D eigenvalue weighted by atomic mass is 16.4. The molecule has 0 fully saturated rings. The lowest BCUT2D eigenvalue weighted by atomic mass is 9.78. The summed E-state index contributed by atoms with van der Waals surface area (Å²) in [4.78, 5) is 22.8. The van der Waals surface area contributed by atoms with Gasteiger partial charge in [0.05, 0.1) is 12.8 Å².